The van der Waals surface area contributed by atoms with Gasteiger partial charge >= 0.3 is 5.97 Å². The fraction of sp³-hybridized carbons (Fsp3) is 0.0833. The molecule has 0 aliphatic rings. The second-order valence-electron chi connectivity index (χ2n) is 3.50. The van der Waals surface area contributed by atoms with Gasteiger partial charge in [-0.25, -0.2) is 4.79 Å². The van der Waals surface area contributed by atoms with Crippen LogP contribution in [0.15, 0.2) is 40.2 Å². The number of hydrogen-bond donors (Lipinski definition) is 2. The third-order valence-corrected chi connectivity index (χ3v) is 4.30. The van der Waals surface area contributed by atoms with E-state index < -0.39 is 5.97 Å². The molecule has 2 N–H and O–H groups in total. The van der Waals surface area contributed by atoms with Crippen LogP contribution in [0.5, 0.6) is 0 Å². The molecule has 7 heteroatoms. The summed E-state index contributed by atoms with van der Waals surface area (Å²) in [6.07, 6.45) is 2.71. The molecule has 0 atom stereocenters. The molecule has 19 heavy (non-hydrogen) atoms. The first-order valence-electron chi connectivity index (χ1n) is 5.30. The normalized spacial score (nSPS) is 10.1. The first kappa shape index (κ1) is 13.6. The highest BCUT2D eigenvalue weighted by Gasteiger charge is 2.12. The number of carboxylic acid groups (broad SMARTS) is 1. The van der Waals surface area contributed by atoms with Crippen LogP contribution < -0.4 is 5.32 Å². The highest BCUT2D eigenvalue weighted by atomic mass is 32.2. The fourth-order valence-corrected chi connectivity index (χ4v) is 2.93. The number of carbonyl (C=O) groups excluding carboxylic acids is 1. The summed E-state index contributed by atoms with van der Waals surface area (Å²) in [4.78, 5) is 26.5. The number of rotatable bonds is 5. The Morgan fingerprint density at radius 3 is 2.95 bits per heavy atom. The van der Waals surface area contributed by atoms with Crippen molar-refractivity contribution in [3.63, 3.8) is 0 Å². The number of carbonyl (C=O) groups is 2. The van der Waals surface area contributed by atoms with Gasteiger partial charge in [0, 0.05) is 6.20 Å². The van der Waals surface area contributed by atoms with Crippen LogP contribution in [0.3, 0.4) is 0 Å². The van der Waals surface area contributed by atoms with Gasteiger partial charge in [-0.15, -0.1) is 23.1 Å². The molecule has 0 fully saturated rings. The SMILES string of the molecule is O=C(CSc1cccs1)Nc1cnccc1C(=O)O. The summed E-state index contributed by atoms with van der Waals surface area (Å²) in [5, 5.41) is 13.5. The molecule has 0 saturated carbocycles. The number of thiophene rings is 1. The van der Waals surface area contributed by atoms with Crippen molar-refractivity contribution < 1.29 is 14.7 Å². The number of carboxylic acids is 1. The average Bonchev–Trinajstić information content (AvgIpc) is 2.90. The molecule has 0 aromatic carbocycles. The molecular formula is C12H10N2O3S2. The molecule has 2 rings (SSSR count). The minimum atomic E-state index is -1.09. The third-order valence-electron chi connectivity index (χ3n) is 2.17. The predicted molar refractivity (Wildman–Crippen MR) is 74.9 cm³/mol. The highest BCUT2D eigenvalue weighted by Crippen LogP contribution is 2.23. The van der Waals surface area contributed by atoms with Crippen molar-refractivity contribution in [1.82, 2.24) is 4.98 Å². The van der Waals surface area contributed by atoms with Gasteiger partial charge in [-0.05, 0) is 17.5 Å². The molecular weight excluding hydrogens is 284 g/mol. The van der Waals surface area contributed by atoms with Gasteiger partial charge in [0.2, 0.25) is 5.91 Å². The largest absolute Gasteiger partial charge is 0.478 e. The Morgan fingerprint density at radius 1 is 1.42 bits per heavy atom. The first-order valence-corrected chi connectivity index (χ1v) is 7.17. The van der Waals surface area contributed by atoms with Gasteiger partial charge in [-0.2, -0.15) is 0 Å². The second-order valence-corrected chi connectivity index (χ2v) is 5.72. The molecule has 98 valence electrons. The number of nitrogens with one attached hydrogen (secondary N) is 1. The predicted octanol–water partition coefficient (Wildman–Crippen LogP) is 2.57. The zero-order valence-corrected chi connectivity index (χ0v) is 11.3. The van der Waals surface area contributed by atoms with Gasteiger partial charge < -0.3 is 10.4 Å². The van der Waals surface area contributed by atoms with Gasteiger partial charge in [0.25, 0.3) is 0 Å². The van der Waals surface area contributed by atoms with E-state index in [4.69, 9.17) is 5.11 Å². The summed E-state index contributed by atoms with van der Waals surface area (Å²) in [5.74, 6) is -1.12. The van der Waals surface area contributed by atoms with Crippen LogP contribution in [-0.2, 0) is 4.79 Å². The number of anilines is 1. The second kappa shape index (κ2) is 6.35. The zero-order chi connectivity index (χ0) is 13.7. The topological polar surface area (TPSA) is 79.3 Å². The van der Waals surface area contributed by atoms with Crippen LogP contribution in [0.4, 0.5) is 5.69 Å². The Kier molecular flexibility index (Phi) is 4.53. The van der Waals surface area contributed by atoms with E-state index in [1.807, 2.05) is 17.5 Å². The van der Waals surface area contributed by atoms with Gasteiger partial charge in [0.15, 0.2) is 0 Å². The molecule has 1 amide bonds. The number of amides is 1. The van der Waals surface area contributed by atoms with Crippen molar-refractivity contribution in [2.24, 2.45) is 0 Å². The van der Waals surface area contributed by atoms with Crippen LogP contribution in [0.25, 0.3) is 0 Å². The van der Waals surface area contributed by atoms with E-state index in [2.05, 4.69) is 10.3 Å². The van der Waals surface area contributed by atoms with Crippen LogP contribution in [0, 0.1) is 0 Å². The first-order chi connectivity index (χ1) is 9.16. The van der Waals surface area contributed by atoms with Crippen LogP contribution in [0.1, 0.15) is 10.4 Å². The van der Waals surface area contributed by atoms with Crippen LogP contribution in [-0.4, -0.2) is 27.7 Å². The standard InChI is InChI=1S/C12H10N2O3S2/c15-10(7-19-11-2-1-5-18-11)14-9-6-13-4-3-8(9)12(16)17/h1-6H,7H2,(H,14,15)(H,16,17). The van der Waals surface area contributed by atoms with Crippen LogP contribution >= 0.6 is 23.1 Å². The number of aromatic carboxylic acids is 1. The number of aromatic nitrogens is 1. The summed E-state index contributed by atoms with van der Waals surface area (Å²) in [7, 11) is 0. The monoisotopic (exact) mass is 294 g/mol. The maximum atomic E-state index is 11.7. The molecule has 0 aliphatic heterocycles. The van der Waals surface area contributed by atoms with Gasteiger partial charge in [-0.3, -0.25) is 9.78 Å². The highest BCUT2D eigenvalue weighted by molar-refractivity contribution is 8.01. The minimum absolute atomic E-state index is 0.0319. The molecule has 0 saturated heterocycles. The van der Waals surface area contributed by atoms with E-state index in [1.54, 1.807) is 11.3 Å². The van der Waals surface area contributed by atoms with E-state index in [0.29, 0.717) is 0 Å². The van der Waals surface area contributed by atoms with E-state index in [0.717, 1.165) is 4.21 Å². The Bertz CT molecular complexity index is 584. The van der Waals surface area contributed by atoms with E-state index >= 15 is 0 Å². The average molecular weight is 294 g/mol. The molecule has 2 heterocycles. The Morgan fingerprint density at radius 2 is 2.26 bits per heavy atom. The van der Waals surface area contributed by atoms with Gasteiger partial charge in [0.05, 0.1) is 27.4 Å². The fourth-order valence-electron chi connectivity index (χ4n) is 1.35. The van der Waals surface area contributed by atoms with Gasteiger partial charge in [-0.1, -0.05) is 6.07 Å². The lowest BCUT2D eigenvalue weighted by Gasteiger charge is -2.06. The Labute approximate surface area is 117 Å². The number of nitrogens with zero attached hydrogens (tertiary/aromatic N) is 1. The lowest BCUT2D eigenvalue weighted by atomic mass is 10.2. The maximum absolute atomic E-state index is 11.7. The zero-order valence-electron chi connectivity index (χ0n) is 9.70. The molecule has 5 nitrogen and oxygen atoms in total. The molecule has 0 radical (unpaired) electrons. The third kappa shape index (κ3) is 3.80. The lowest BCUT2D eigenvalue weighted by molar-refractivity contribution is -0.113. The number of thioether (sulfide) groups is 1. The summed E-state index contributed by atoms with van der Waals surface area (Å²) in [5.41, 5.74) is 0.247. The van der Waals surface area contributed by atoms with Crippen LogP contribution in [0.2, 0.25) is 0 Å². The van der Waals surface area contributed by atoms with Crippen molar-refractivity contribution in [3.05, 3.63) is 41.5 Å². The summed E-state index contributed by atoms with van der Waals surface area (Å²) < 4.78 is 1.04. The van der Waals surface area contributed by atoms with Crippen molar-refractivity contribution >= 4 is 40.7 Å². The maximum Gasteiger partial charge on any atom is 0.337 e. The number of pyridine rings is 1. The molecule has 0 aliphatic carbocycles. The van der Waals surface area contributed by atoms with Gasteiger partial charge in [0.1, 0.15) is 0 Å². The molecule has 0 unspecified atom stereocenters. The Hall–Kier alpha value is -1.86. The van der Waals surface area contributed by atoms with E-state index in [-0.39, 0.29) is 22.9 Å². The van der Waals surface area contributed by atoms with Crippen molar-refractivity contribution in [2.75, 3.05) is 11.1 Å². The molecule has 0 spiro atoms. The molecule has 2 aromatic heterocycles. The summed E-state index contributed by atoms with van der Waals surface area (Å²) in [6, 6.07) is 5.19. The minimum Gasteiger partial charge on any atom is -0.478 e. The number of hydrogen-bond acceptors (Lipinski definition) is 5. The summed E-state index contributed by atoms with van der Waals surface area (Å²) in [6.45, 7) is 0. The summed E-state index contributed by atoms with van der Waals surface area (Å²) >= 11 is 2.96. The van der Waals surface area contributed by atoms with Crippen molar-refractivity contribution in [2.45, 2.75) is 4.21 Å². The lowest BCUT2D eigenvalue weighted by Crippen LogP contribution is -2.16. The smallest absolute Gasteiger partial charge is 0.337 e. The van der Waals surface area contributed by atoms with Crippen molar-refractivity contribution in [1.29, 1.82) is 0 Å². The quantitative estimate of drug-likeness (QED) is 0.829. The van der Waals surface area contributed by atoms with E-state index in [1.165, 1.54) is 30.2 Å². The molecule has 2 aromatic rings. The van der Waals surface area contributed by atoms with E-state index in [9.17, 15) is 9.59 Å². The molecule has 0 bridgehead atoms. The Balaban J connectivity index is 1.97. The van der Waals surface area contributed by atoms with Crippen molar-refractivity contribution in [3.8, 4) is 0 Å².